The topological polar surface area (TPSA) is 33.2 Å². The zero-order chi connectivity index (χ0) is 13.1. The zero-order valence-electron chi connectivity index (χ0n) is 11.4. The largest absolute Gasteiger partial charge is 0.350 e. The first kappa shape index (κ1) is 13.7. The molecule has 0 aliphatic rings. The van der Waals surface area contributed by atoms with Crippen LogP contribution in [0.3, 0.4) is 0 Å². The molecule has 0 unspecified atom stereocenters. The molecule has 0 spiro atoms. The fourth-order valence-corrected chi connectivity index (χ4v) is 1.64. The van der Waals surface area contributed by atoms with E-state index in [-0.39, 0.29) is 11.2 Å². The van der Waals surface area contributed by atoms with Crippen molar-refractivity contribution in [2.45, 2.75) is 40.0 Å². The lowest BCUT2D eigenvalue weighted by atomic mass is 9.88. The molecule has 1 rings (SSSR count). The van der Waals surface area contributed by atoms with Gasteiger partial charge in [0.25, 0.3) is 0 Å². The number of nitrogens with zero attached hydrogens (tertiary/aromatic N) is 2. The Morgan fingerprint density at radius 2 is 2.00 bits per heavy atom. The third kappa shape index (κ3) is 3.84. The molecule has 1 heterocycles. The molecule has 0 fully saturated rings. The molecule has 0 aromatic carbocycles. The van der Waals surface area contributed by atoms with Gasteiger partial charge in [0.2, 0.25) is 0 Å². The van der Waals surface area contributed by atoms with Crippen LogP contribution < -0.4 is 4.90 Å². The van der Waals surface area contributed by atoms with E-state index in [1.54, 1.807) is 6.92 Å². The summed E-state index contributed by atoms with van der Waals surface area (Å²) in [6.45, 7) is 11.3. The Labute approximate surface area is 104 Å². The van der Waals surface area contributed by atoms with Gasteiger partial charge in [-0.1, -0.05) is 26.8 Å². The van der Waals surface area contributed by atoms with Crippen LogP contribution in [0.5, 0.6) is 0 Å². The summed E-state index contributed by atoms with van der Waals surface area (Å²) < 4.78 is 0. The van der Waals surface area contributed by atoms with Crippen LogP contribution in [0.4, 0.5) is 5.82 Å². The van der Waals surface area contributed by atoms with Crippen molar-refractivity contribution in [3.63, 3.8) is 0 Å². The van der Waals surface area contributed by atoms with Gasteiger partial charge in [0.05, 0.1) is 6.54 Å². The monoisotopic (exact) mass is 234 g/mol. The van der Waals surface area contributed by atoms with Crippen LogP contribution >= 0.6 is 0 Å². The number of ketones is 1. The van der Waals surface area contributed by atoms with Gasteiger partial charge in [0.15, 0.2) is 0 Å². The molecule has 3 nitrogen and oxygen atoms in total. The Kier molecular flexibility index (Phi) is 4.27. The van der Waals surface area contributed by atoms with Gasteiger partial charge in [-0.15, -0.1) is 0 Å². The van der Waals surface area contributed by atoms with Crippen LogP contribution in [0.1, 0.15) is 40.2 Å². The number of hydrogen-bond donors (Lipinski definition) is 0. The second-order valence-electron chi connectivity index (χ2n) is 5.37. The second-order valence-corrected chi connectivity index (χ2v) is 5.37. The van der Waals surface area contributed by atoms with Crippen molar-refractivity contribution in [2.24, 2.45) is 0 Å². The Hall–Kier alpha value is -1.38. The van der Waals surface area contributed by atoms with Gasteiger partial charge in [-0.05, 0) is 30.9 Å². The van der Waals surface area contributed by atoms with Crippen molar-refractivity contribution < 1.29 is 4.79 Å². The average molecular weight is 234 g/mol. The molecule has 0 amide bonds. The average Bonchev–Trinajstić information content (AvgIpc) is 2.24. The SMILES string of the molecule is CCN(CC(C)=O)c1ccc(C(C)(C)C)cn1. The van der Waals surface area contributed by atoms with E-state index in [0.717, 1.165) is 12.4 Å². The fourth-order valence-electron chi connectivity index (χ4n) is 1.64. The third-order valence-corrected chi connectivity index (χ3v) is 2.73. The maximum atomic E-state index is 11.1. The highest BCUT2D eigenvalue weighted by atomic mass is 16.1. The molecule has 0 aliphatic heterocycles. The number of likely N-dealkylation sites (N-methyl/N-ethyl adjacent to an activating group) is 1. The van der Waals surface area contributed by atoms with Crippen LogP contribution in [0.15, 0.2) is 18.3 Å². The second kappa shape index (κ2) is 5.30. The van der Waals surface area contributed by atoms with Gasteiger partial charge in [0, 0.05) is 12.7 Å². The number of pyridine rings is 1. The zero-order valence-corrected chi connectivity index (χ0v) is 11.4. The summed E-state index contributed by atoms with van der Waals surface area (Å²) in [5, 5.41) is 0. The number of Topliss-reactive ketones (excluding diaryl/α,β-unsaturated/α-hetero) is 1. The molecule has 0 saturated carbocycles. The molecule has 0 atom stereocenters. The Morgan fingerprint density at radius 3 is 2.35 bits per heavy atom. The lowest BCUT2D eigenvalue weighted by Crippen LogP contribution is -2.29. The quantitative estimate of drug-likeness (QED) is 0.803. The number of carbonyl (C=O) groups is 1. The summed E-state index contributed by atoms with van der Waals surface area (Å²) in [4.78, 5) is 17.6. The predicted molar refractivity (Wildman–Crippen MR) is 71.5 cm³/mol. The Balaban J connectivity index is 2.89. The number of rotatable bonds is 4. The van der Waals surface area contributed by atoms with E-state index in [2.05, 4.69) is 31.8 Å². The molecule has 0 aliphatic carbocycles. The molecule has 94 valence electrons. The van der Waals surface area contributed by atoms with Gasteiger partial charge in [-0.3, -0.25) is 4.79 Å². The number of aromatic nitrogens is 1. The van der Waals surface area contributed by atoms with Crippen molar-refractivity contribution in [1.29, 1.82) is 0 Å². The molecule has 0 bridgehead atoms. The highest BCUT2D eigenvalue weighted by Crippen LogP contribution is 2.22. The first-order valence-electron chi connectivity index (χ1n) is 6.05. The molecule has 0 radical (unpaired) electrons. The van der Waals surface area contributed by atoms with Crippen LogP contribution in [0.2, 0.25) is 0 Å². The lowest BCUT2D eigenvalue weighted by Gasteiger charge is -2.23. The smallest absolute Gasteiger partial charge is 0.149 e. The number of hydrogen-bond acceptors (Lipinski definition) is 3. The Morgan fingerprint density at radius 1 is 1.35 bits per heavy atom. The third-order valence-electron chi connectivity index (χ3n) is 2.73. The number of anilines is 1. The van der Waals surface area contributed by atoms with Crippen LogP contribution in [0, 0.1) is 0 Å². The van der Waals surface area contributed by atoms with Crippen LogP contribution in [-0.4, -0.2) is 23.9 Å². The molecule has 0 saturated heterocycles. The molecule has 1 aromatic heterocycles. The van der Waals surface area contributed by atoms with Crippen molar-refractivity contribution in [1.82, 2.24) is 4.98 Å². The van der Waals surface area contributed by atoms with Crippen molar-refractivity contribution in [3.8, 4) is 0 Å². The van der Waals surface area contributed by atoms with E-state index >= 15 is 0 Å². The van der Waals surface area contributed by atoms with Crippen molar-refractivity contribution in [2.75, 3.05) is 18.0 Å². The summed E-state index contributed by atoms with van der Waals surface area (Å²) in [7, 11) is 0. The van der Waals surface area contributed by atoms with Gasteiger partial charge < -0.3 is 4.90 Å². The fraction of sp³-hybridized carbons (Fsp3) is 0.571. The number of carbonyl (C=O) groups excluding carboxylic acids is 1. The summed E-state index contributed by atoms with van der Waals surface area (Å²) in [5.74, 6) is 1.03. The first-order chi connectivity index (χ1) is 7.84. The maximum absolute atomic E-state index is 11.1. The van der Waals surface area contributed by atoms with Crippen LogP contribution in [-0.2, 0) is 10.2 Å². The normalized spacial score (nSPS) is 11.4. The highest BCUT2D eigenvalue weighted by Gasteiger charge is 2.15. The molecule has 3 heteroatoms. The van der Waals surface area contributed by atoms with E-state index < -0.39 is 0 Å². The van der Waals surface area contributed by atoms with Crippen molar-refractivity contribution in [3.05, 3.63) is 23.9 Å². The summed E-state index contributed by atoms with van der Waals surface area (Å²) >= 11 is 0. The van der Waals surface area contributed by atoms with Gasteiger partial charge in [0.1, 0.15) is 11.6 Å². The first-order valence-corrected chi connectivity index (χ1v) is 6.05. The minimum absolute atomic E-state index is 0.114. The minimum atomic E-state index is 0.114. The molecular formula is C14H22N2O. The van der Waals surface area contributed by atoms with Crippen LogP contribution in [0.25, 0.3) is 0 Å². The molecule has 1 aromatic rings. The van der Waals surface area contributed by atoms with E-state index in [1.807, 2.05) is 24.1 Å². The molecule has 17 heavy (non-hydrogen) atoms. The molecular weight excluding hydrogens is 212 g/mol. The van der Waals surface area contributed by atoms with Gasteiger partial charge >= 0.3 is 0 Å². The van der Waals surface area contributed by atoms with Crippen molar-refractivity contribution >= 4 is 11.6 Å². The van der Waals surface area contributed by atoms with E-state index in [4.69, 9.17) is 0 Å². The van der Waals surface area contributed by atoms with E-state index in [1.165, 1.54) is 5.56 Å². The van der Waals surface area contributed by atoms with Gasteiger partial charge in [-0.2, -0.15) is 0 Å². The Bertz CT molecular complexity index is 376. The standard InChI is InChI=1S/C14H22N2O/c1-6-16(10-11(2)17)13-8-7-12(9-15-13)14(3,4)5/h7-9H,6,10H2,1-5H3. The summed E-state index contributed by atoms with van der Waals surface area (Å²) in [5.41, 5.74) is 1.32. The maximum Gasteiger partial charge on any atom is 0.149 e. The minimum Gasteiger partial charge on any atom is -0.350 e. The predicted octanol–water partition coefficient (Wildman–Crippen LogP) is 2.79. The van der Waals surface area contributed by atoms with Gasteiger partial charge in [-0.25, -0.2) is 4.98 Å². The summed E-state index contributed by atoms with van der Waals surface area (Å²) in [6.07, 6.45) is 1.90. The molecule has 0 N–H and O–H groups in total. The van der Waals surface area contributed by atoms with E-state index in [9.17, 15) is 4.79 Å². The summed E-state index contributed by atoms with van der Waals surface area (Å²) in [6, 6.07) is 4.08. The van der Waals surface area contributed by atoms with E-state index in [0.29, 0.717) is 6.54 Å². The lowest BCUT2D eigenvalue weighted by molar-refractivity contribution is -0.115. The highest BCUT2D eigenvalue weighted by molar-refractivity contribution is 5.80.